The van der Waals surface area contributed by atoms with E-state index in [1.165, 1.54) is 21.9 Å². The SMILES string of the molecule is Cc1cc(C)c2cn(C(C)(C)C)cc2c1. The molecule has 15 heavy (non-hydrogen) atoms. The van der Waals surface area contributed by atoms with Crippen molar-refractivity contribution in [1.82, 2.24) is 4.57 Å². The van der Waals surface area contributed by atoms with Crippen molar-refractivity contribution in [2.45, 2.75) is 40.2 Å². The van der Waals surface area contributed by atoms with Crippen LogP contribution in [0.15, 0.2) is 24.5 Å². The molecule has 0 aliphatic rings. The molecule has 0 saturated carbocycles. The molecule has 0 saturated heterocycles. The van der Waals surface area contributed by atoms with Gasteiger partial charge in [-0.15, -0.1) is 0 Å². The van der Waals surface area contributed by atoms with Crippen molar-refractivity contribution in [3.8, 4) is 0 Å². The molecule has 0 aliphatic carbocycles. The molecule has 1 aromatic carbocycles. The van der Waals surface area contributed by atoms with Gasteiger partial charge in [-0.3, -0.25) is 0 Å². The van der Waals surface area contributed by atoms with Gasteiger partial charge in [-0.1, -0.05) is 11.6 Å². The fourth-order valence-corrected chi connectivity index (χ4v) is 2.01. The zero-order valence-electron chi connectivity index (χ0n) is 10.3. The highest BCUT2D eigenvalue weighted by molar-refractivity contribution is 5.86. The van der Waals surface area contributed by atoms with E-state index in [4.69, 9.17) is 0 Å². The van der Waals surface area contributed by atoms with Gasteiger partial charge >= 0.3 is 0 Å². The van der Waals surface area contributed by atoms with E-state index < -0.39 is 0 Å². The molecule has 1 heterocycles. The number of rotatable bonds is 0. The molecule has 0 bridgehead atoms. The minimum Gasteiger partial charge on any atom is -0.348 e. The average Bonchev–Trinajstić information content (AvgIpc) is 2.46. The topological polar surface area (TPSA) is 4.93 Å². The number of benzene rings is 1. The smallest absolute Gasteiger partial charge is 0.0356 e. The van der Waals surface area contributed by atoms with Crippen LogP contribution in [0.5, 0.6) is 0 Å². The molecule has 1 nitrogen and oxygen atoms in total. The average molecular weight is 201 g/mol. The molecule has 0 aliphatic heterocycles. The summed E-state index contributed by atoms with van der Waals surface area (Å²) < 4.78 is 2.30. The van der Waals surface area contributed by atoms with Crippen LogP contribution in [0.3, 0.4) is 0 Å². The molecule has 0 unspecified atom stereocenters. The molecule has 80 valence electrons. The molecule has 1 heteroatoms. The minimum absolute atomic E-state index is 0.166. The zero-order valence-corrected chi connectivity index (χ0v) is 10.3. The first-order chi connectivity index (χ1) is 6.88. The molecular weight excluding hydrogens is 182 g/mol. The Morgan fingerprint density at radius 3 is 2.27 bits per heavy atom. The van der Waals surface area contributed by atoms with Crippen LogP contribution >= 0.6 is 0 Å². The van der Waals surface area contributed by atoms with Gasteiger partial charge < -0.3 is 4.57 Å². The Hall–Kier alpha value is -1.24. The predicted molar refractivity (Wildman–Crippen MR) is 66.4 cm³/mol. The van der Waals surface area contributed by atoms with Crippen LogP contribution in [0, 0.1) is 13.8 Å². The van der Waals surface area contributed by atoms with E-state index in [0.717, 1.165) is 0 Å². The Balaban J connectivity index is 2.71. The van der Waals surface area contributed by atoms with Gasteiger partial charge in [-0.2, -0.15) is 0 Å². The Bertz CT molecular complexity index is 498. The normalized spacial score (nSPS) is 12.3. The van der Waals surface area contributed by atoms with Gasteiger partial charge in [0.05, 0.1) is 0 Å². The lowest BCUT2D eigenvalue weighted by Crippen LogP contribution is -2.19. The highest BCUT2D eigenvalue weighted by Crippen LogP contribution is 2.25. The third kappa shape index (κ3) is 1.79. The second-order valence-corrected chi connectivity index (χ2v) is 5.42. The van der Waals surface area contributed by atoms with Crippen LogP contribution in [-0.2, 0) is 5.54 Å². The molecule has 0 atom stereocenters. The second kappa shape index (κ2) is 3.13. The monoisotopic (exact) mass is 201 g/mol. The lowest BCUT2D eigenvalue weighted by Gasteiger charge is -2.20. The van der Waals surface area contributed by atoms with Crippen molar-refractivity contribution >= 4 is 10.8 Å². The summed E-state index contributed by atoms with van der Waals surface area (Å²) in [5.41, 5.74) is 2.87. The Kier molecular flexibility index (Phi) is 2.14. The highest BCUT2D eigenvalue weighted by atomic mass is 15.0. The first-order valence-corrected chi connectivity index (χ1v) is 5.47. The van der Waals surface area contributed by atoms with Gasteiger partial charge in [0.25, 0.3) is 0 Å². The van der Waals surface area contributed by atoms with Crippen LogP contribution in [-0.4, -0.2) is 4.57 Å². The fraction of sp³-hybridized carbons (Fsp3) is 0.429. The Morgan fingerprint density at radius 1 is 1.00 bits per heavy atom. The molecule has 1 aromatic heterocycles. The van der Waals surface area contributed by atoms with Gasteiger partial charge in [-0.05, 0) is 51.6 Å². The summed E-state index contributed by atoms with van der Waals surface area (Å²) in [6, 6.07) is 4.50. The van der Waals surface area contributed by atoms with Gasteiger partial charge in [0.15, 0.2) is 0 Å². The summed E-state index contributed by atoms with van der Waals surface area (Å²) in [7, 11) is 0. The highest BCUT2D eigenvalue weighted by Gasteiger charge is 2.13. The minimum atomic E-state index is 0.166. The molecule has 0 fully saturated rings. The molecule has 2 rings (SSSR count). The van der Waals surface area contributed by atoms with Crippen LogP contribution in [0.2, 0.25) is 0 Å². The molecule has 2 aromatic rings. The van der Waals surface area contributed by atoms with Crippen molar-refractivity contribution in [3.63, 3.8) is 0 Å². The van der Waals surface area contributed by atoms with Crippen molar-refractivity contribution in [2.24, 2.45) is 0 Å². The van der Waals surface area contributed by atoms with E-state index in [2.05, 4.69) is 63.7 Å². The third-order valence-corrected chi connectivity index (χ3v) is 2.88. The maximum atomic E-state index is 2.30. The number of hydrogen-bond donors (Lipinski definition) is 0. The standard InChI is InChI=1S/C14H19N/c1-10-6-11(2)13-9-15(14(3,4)5)8-12(13)7-10/h6-9H,1-5H3. The number of aryl methyl sites for hydroxylation is 2. The molecule has 0 radical (unpaired) electrons. The lowest BCUT2D eigenvalue weighted by atomic mass is 10.1. The van der Waals surface area contributed by atoms with Crippen LogP contribution < -0.4 is 0 Å². The van der Waals surface area contributed by atoms with E-state index in [1.54, 1.807) is 0 Å². The summed E-state index contributed by atoms with van der Waals surface area (Å²) in [6.45, 7) is 11.0. The number of fused-ring (bicyclic) bond motifs is 1. The van der Waals surface area contributed by atoms with Crippen molar-refractivity contribution in [1.29, 1.82) is 0 Å². The number of nitrogens with zero attached hydrogens (tertiary/aromatic N) is 1. The molecule has 0 N–H and O–H groups in total. The number of aromatic nitrogens is 1. The summed E-state index contributed by atoms with van der Waals surface area (Å²) in [5.74, 6) is 0. The first-order valence-electron chi connectivity index (χ1n) is 5.47. The third-order valence-electron chi connectivity index (χ3n) is 2.88. The quantitative estimate of drug-likeness (QED) is 0.607. The van der Waals surface area contributed by atoms with Crippen LogP contribution in [0.1, 0.15) is 31.9 Å². The fourth-order valence-electron chi connectivity index (χ4n) is 2.01. The first kappa shape index (κ1) is 10.3. The van der Waals surface area contributed by atoms with Gasteiger partial charge in [0.1, 0.15) is 0 Å². The summed E-state index contributed by atoms with van der Waals surface area (Å²) >= 11 is 0. The van der Waals surface area contributed by atoms with E-state index in [0.29, 0.717) is 0 Å². The van der Waals surface area contributed by atoms with E-state index in [1.807, 2.05) is 0 Å². The van der Waals surface area contributed by atoms with Crippen molar-refractivity contribution < 1.29 is 0 Å². The maximum Gasteiger partial charge on any atom is 0.0356 e. The summed E-state index contributed by atoms with van der Waals surface area (Å²) in [4.78, 5) is 0. The maximum absolute atomic E-state index is 2.30. The Morgan fingerprint density at radius 2 is 1.67 bits per heavy atom. The molecular formula is C14H19N. The second-order valence-electron chi connectivity index (χ2n) is 5.42. The lowest BCUT2D eigenvalue weighted by molar-refractivity contribution is 0.399. The van der Waals surface area contributed by atoms with Gasteiger partial charge in [0.2, 0.25) is 0 Å². The van der Waals surface area contributed by atoms with Crippen molar-refractivity contribution in [2.75, 3.05) is 0 Å². The van der Waals surface area contributed by atoms with Crippen molar-refractivity contribution in [3.05, 3.63) is 35.7 Å². The summed E-state index contributed by atoms with van der Waals surface area (Å²) in [6.07, 6.45) is 4.50. The van der Waals surface area contributed by atoms with E-state index >= 15 is 0 Å². The molecule has 0 spiro atoms. The van der Waals surface area contributed by atoms with Gasteiger partial charge in [-0.25, -0.2) is 0 Å². The van der Waals surface area contributed by atoms with Crippen LogP contribution in [0.25, 0.3) is 10.8 Å². The predicted octanol–water partition coefficient (Wildman–Crippen LogP) is 4.01. The Labute approximate surface area is 91.7 Å². The summed E-state index contributed by atoms with van der Waals surface area (Å²) in [5, 5.41) is 2.72. The van der Waals surface area contributed by atoms with Crippen LogP contribution in [0.4, 0.5) is 0 Å². The van der Waals surface area contributed by atoms with E-state index in [9.17, 15) is 0 Å². The molecule has 0 amide bonds. The van der Waals surface area contributed by atoms with Gasteiger partial charge in [0, 0.05) is 23.3 Å². The van der Waals surface area contributed by atoms with E-state index in [-0.39, 0.29) is 5.54 Å². The number of hydrogen-bond acceptors (Lipinski definition) is 0. The zero-order chi connectivity index (χ0) is 11.2. The largest absolute Gasteiger partial charge is 0.348 e.